The highest BCUT2D eigenvalue weighted by molar-refractivity contribution is 6.02. The van der Waals surface area contributed by atoms with Crippen molar-refractivity contribution in [1.29, 1.82) is 0 Å². The van der Waals surface area contributed by atoms with Crippen LogP contribution in [0.2, 0.25) is 0 Å². The van der Waals surface area contributed by atoms with Crippen molar-refractivity contribution >= 4 is 17.3 Å². The van der Waals surface area contributed by atoms with Crippen molar-refractivity contribution in [1.82, 2.24) is 4.98 Å². The van der Waals surface area contributed by atoms with Crippen LogP contribution in [-0.4, -0.2) is 17.9 Å². The van der Waals surface area contributed by atoms with Gasteiger partial charge in [-0.1, -0.05) is 30.3 Å². The molecule has 0 bridgehead atoms. The van der Waals surface area contributed by atoms with Gasteiger partial charge in [-0.05, 0) is 25.5 Å². The van der Waals surface area contributed by atoms with Gasteiger partial charge in [-0.3, -0.25) is 9.78 Å². The molecule has 1 amide bonds. The molecule has 2 aromatic rings. The van der Waals surface area contributed by atoms with E-state index in [4.69, 9.17) is 5.73 Å². The SMILES string of the molecule is CN(C(=O)C(C)(C)c1ccccc1)c1ccncc1N. The number of hydrogen-bond donors (Lipinski definition) is 1. The molecule has 1 heterocycles. The molecule has 0 fully saturated rings. The summed E-state index contributed by atoms with van der Waals surface area (Å²) in [6.07, 6.45) is 3.18. The lowest BCUT2D eigenvalue weighted by molar-refractivity contribution is -0.122. The zero-order valence-corrected chi connectivity index (χ0v) is 12.0. The van der Waals surface area contributed by atoms with Gasteiger partial charge in [0.25, 0.3) is 0 Å². The van der Waals surface area contributed by atoms with E-state index in [-0.39, 0.29) is 5.91 Å². The summed E-state index contributed by atoms with van der Waals surface area (Å²) in [5, 5.41) is 0. The van der Waals surface area contributed by atoms with Crippen LogP contribution in [0, 0.1) is 0 Å². The van der Waals surface area contributed by atoms with Crippen LogP contribution in [0.4, 0.5) is 11.4 Å². The number of benzene rings is 1. The summed E-state index contributed by atoms with van der Waals surface area (Å²) in [6, 6.07) is 11.5. The molecule has 0 saturated carbocycles. The minimum absolute atomic E-state index is 0.0124. The Labute approximate surface area is 119 Å². The lowest BCUT2D eigenvalue weighted by Gasteiger charge is -2.30. The van der Waals surface area contributed by atoms with E-state index in [0.29, 0.717) is 11.4 Å². The van der Waals surface area contributed by atoms with Crippen molar-refractivity contribution in [2.24, 2.45) is 0 Å². The summed E-state index contributed by atoms with van der Waals surface area (Å²) in [4.78, 5) is 18.3. The van der Waals surface area contributed by atoms with Crippen LogP contribution in [0.25, 0.3) is 0 Å². The second kappa shape index (κ2) is 5.33. The van der Waals surface area contributed by atoms with Crippen LogP contribution in [-0.2, 0) is 10.2 Å². The molecule has 4 nitrogen and oxygen atoms in total. The van der Waals surface area contributed by atoms with Gasteiger partial charge in [0, 0.05) is 13.2 Å². The quantitative estimate of drug-likeness (QED) is 0.931. The number of carbonyl (C=O) groups is 1. The van der Waals surface area contributed by atoms with Crippen LogP contribution >= 0.6 is 0 Å². The number of amides is 1. The summed E-state index contributed by atoms with van der Waals surface area (Å²) < 4.78 is 0. The Kier molecular flexibility index (Phi) is 3.74. The topological polar surface area (TPSA) is 59.2 Å². The van der Waals surface area contributed by atoms with E-state index in [9.17, 15) is 4.79 Å². The number of nitrogens with two attached hydrogens (primary N) is 1. The highest BCUT2D eigenvalue weighted by atomic mass is 16.2. The average Bonchev–Trinajstić information content (AvgIpc) is 2.47. The number of aromatic nitrogens is 1. The zero-order chi connectivity index (χ0) is 14.8. The average molecular weight is 269 g/mol. The van der Waals surface area contributed by atoms with Gasteiger partial charge in [0.15, 0.2) is 0 Å². The molecule has 0 aliphatic carbocycles. The number of pyridine rings is 1. The number of carbonyl (C=O) groups excluding carboxylic acids is 1. The predicted octanol–water partition coefficient (Wildman–Crippen LogP) is 2.60. The van der Waals surface area contributed by atoms with Crippen LogP contribution in [0.15, 0.2) is 48.8 Å². The zero-order valence-electron chi connectivity index (χ0n) is 12.0. The largest absolute Gasteiger partial charge is 0.396 e. The number of likely N-dealkylation sites (N-methyl/N-ethyl adjacent to an activating group) is 1. The maximum atomic E-state index is 12.8. The number of nitrogens with zero attached hydrogens (tertiary/aromatic N) is 2. The Morgan fingerprint density at radius 3 is 2.45 bits per heavy atom. The maximum absolute atomic E-state index is 12.8. The molecular formula is C16H19N3O. The van der Waals surface area contributed by atoms with Gasteiger partial charge in [-0.15, -0.1) is 0 Å². The minimum Gasteiger partial charge on any atom is -0.396 e. The van der Waals surface area contributed by atoms with Crippen molar-refractivity contribution in [2.75, 3.05) is 17.7 Å². The first-order valence-electron chi connectivity index (χ1n) is 6.47. The molecule has 1 aromatic carbocycles. The number of hydrogen-bond acceptors (Lipinski definition) is 3. The van der Waals surface area contributed by atoms with E-state index in [2.05, 4.69) is 4.98 Å². The normalized spacial score (nSPS) is 11.2. The molecule has 0 aliphatic rings. The van der Waals surface area contributed by atoms with Gasteiger partial charge < -0.3 is 10.6 Å². The Hall–Kier alpha value is -2.36. The second-order valence-corrected chi connectivity index (χ2v) is 5.29. The monoisotopic (exact) mass is 269 g/mol. The molecule has 0 saturated heterocycles. The van der Waals surface area contributed by atoms with Gasteiger partial charge in [0.2, 0.25) is 5.91 Å². The van der Waals surface area contributed by atoms with Gasteiger partial charge in [0.05, 0.1) is 23.0 Å². The summed E-state index contributed by atoms with van der Waals surface area (Å²) in [5.41, 5.74) is 7.41. The summed E-state index contributed by atoms with van der Waals surface area (Å²) in [7, 11) is 1.73. The standard InChI is InChI=1S/C16H19N3O/c1-16(2,12-7-5-4-6-8-12)15(20)19(3)14-9-10-18-11-13(14)17/h4-11H,17H2,1-3H3. The molecule has 0 radical (unpaired) electrons. The molecule has 0 atom stereocenters. The van der Waals surface area contributed by atoms with Crippen molar-refractivity contribution in [3.05, 3.63) is 54.4 Å². The first-order chi connectivity index (χ1) is 9.44. The maximum Gasteiger partial charge on any atom is 0.236 e. The Morgan fingerprint density at radius 1 is 1.20 bits per heavy atom. The highest BCUT2D eigenvalue weighted by Gasteiger charge is 2.33. The number of anilines is 2. The lowest BCUT2D eigenvalue weighted by atomic mass is 9.83. The van der Waals surface area contributed by atoms with Crippen LogP contribution in [0.5, 0.6) is 0 Å². The van der Waals surface area contributed by atoms with Crippen molar-refractivity contribution in [3.8, 4) is 0 Å². The third kappa shape index (κ3) is 2.50. The van der Waals surface area contributed by atoms with E-state index in [1.54, 1.807) is 30.4 Å². The van der Waals surface area contributed by atoms with Crippen LogP contribution in [0.3, 0.4) is 0 Å². The van der Waals surface area contributed by atoms with Gasteiger partial charge in [-0.2, -0.15) is 0 Å². The van der Waals surface area contributed by atoms with E-state index in [1.807, 2.05) is 44.2 Å². The van der Waals surface area contributed by atoms with E-state index >= 15 is 0 Å². The molecule has 0 aliphatic heterocycles. The first kappa shape index (κ1) is 14.1. The Bertz CT molecular complexity index is 608. The van der Waals surface area contributed by atoms with Crippen molar-refractivity contribution in [2.45, 2.75) is 19.3 Å². The van der Waals surface area contributed by atoms with Gasteiger partial charge in [0.1, 0.15) is 0 Å². The fourth-order valence-electron chi connectivity index (χ4n) is 2.21. The fraction of sp³-hybridized carbons (Fsp3) is 0.250. The first-order valence-corrected chi connectivity index (χ1v) is 6.47. The smallest absolute Gasteiger partial charge is 0.236 e. The predicted molar refractivity (Wildman–Crippen MR) is 81.5 cm³/mol. The molecule has 104 valence electrons. The highest BCUT2D eigenvalue weighted by Crippen LogP contribution is 2.29. The summed E-state index contributed by atoms with van der Waals surface area (Å²) in [5.74, 6) is -0.0124. The molecule has 0 unspecified atom stereocenters. The molecule has 4 heteroatoms. The van der Waals surface area contributed by atoms with Crippen LogP contribution < -0.4 is 10.6 Å². The molecule has 2 rings (SSSR count). The summed E-state index contributed by atoms with van der Waals surface area (Å²) in [6.45, 7) is 3.83. The van der Waals surface area contributed by atoms with E-state index in [0.717, 1.165) is 5.56 Å². The van der Waals surface area contributed by atoms with Crippen LogP contribution in [0.1, 0.15) is 19.4 Å². The number of rotatable bonds is 3. The van der Waals surface area contributed by atoms with E-state index in [1.165, 1.54) is 0 Å². The lowest BCUT2D eigenvalue weighted by Crippen LogP contribution is -2.41. The van der Waals surface area contributed by atoms with E-state index < -0.39 is 5.41 Å². The molecule has 1 aromatic heterocycles. The molecule has 20 heavy (non-hydrogen) atoms. The molecule has 2 N–H and O–H groups in total. The van der Waals surface area contributed by atoms with Gasteiger partial charge in [-0.25, -0.2) is 0 Å². The summed E-state index contributed by atoms with van der Waals surface area (Å²) >= 11 is 0. The number of nitrogen functional groups attached to an aromatic ring is 1. The van der Waals surface area contributed by atoms with Crippen molar-refractivity contribution in [3.63, 3.8) is 0 Å². The Morgan fingerprint density at radius 2 is 1.85 bits per heavy atom. The minimum atomic E-state index is -0.619. The second-order valence-electron chi connectivity index (χ2n) is 5.29. The fourth-order valence-corrected chi connectivity index (χ4v) is 2.21. The third-order valence-electron chi connectivity index (χ3n) is 3.52. The molecular weight excluding hydrogens is 250 g/mol. The molecule has 0 spiro atoms. The van der Waals surface area contributed by atoms with Crippen molar-refractivity contribution < 1.29 is 4.79 Å². The third-order valence-corrected chi connectivity index (χ3v) is 3.52. The van der Waals surface area contributed by atoms with Gasteiger partial charge >= 0.3 is 0 Å². The Balaban J connectivity index is 2.34.